The highest BCUT2D eigenvalue weighted by Crippen LogP contribution is 2.42. The van der Waals surface area contributed by atoms with E-state index in [4.69, 9.17) is 11.6 Å². The van der Waals surface area contributed by atoms with Crippen molar-refractivity contribution in [3.63, 3.8) is 0 Å². The maximum absolute atomic E-state index is 14.3. The Morgan fingerprint density at radius 2 is 1.57 bits per heavy atom. The second-order valence-electron chi connectivity index (χ2n) is 12.3. The first-order chi connectivity index (χ1) is 19.7. The van der Waals surface area contributed by atoms with Gasteiger partial charge in [0, 0.05) is 51.5 Å². The standard InChI is InChI=1S/C32H41ClF3N3O3/c1-21(2)24-6-5-7-25(19-24)31(42,32(34,35)36)30(41)39-16-12-23(13-17-39)18-22-10-14-38(15-11-22)26-8-9-27(28(33)20-26)29(40)37(3)4/h5-9,19-23,42H,10-18H2,1-4H3/t31-/m1/s1. The molecule has 2 aliphatic rings. The van der Waals surface area contributed by atoms with Crippen LogP contribution in [0.15, 0.2) is 42.5 Å². The molecule has 2 saturated heterocycles. The average Bonchev–Trinajstić information content (AvgIpc) is 2.96. The van der Waals surface area contributed by atoms with Gasteiger partial charge in [-0.15, -0.1) is 0 Å². The molecule has 2 aromatic rings. The van der Waals surface area contributed by atoms with Crippen molar-refractivity contribution < 1.29 is 27.9 Å². The highest BCUT2D eigenvalue weighted by Gasteiger charge is 2.62. The van der Waals surface area contributed by atoms with Crippen LogP contribution in [0, 0.1) is 11.8 Å². The van der Waals surface area contributed by atoms with Crippen molar-refractivity contribution in [3.8, 4) is 0 Å². The summed E-state index contributed by atoms with van der Waals surface area (Å²) in [4.78, 5) is 30.5. The summed E-state index contributed by atoms with van der Waals surface area (Å²) in [7, 11) is 3.38. The molecular formula is C32H41ClF3N3O3. The quantitative estimate of drug-likeness (QED) is 0.392. The second-order valence-corrected chi connectivity index (χ2v) is 12.7. The number of piperidine rings is 2. The van der Waals surface area contributed by atoms with Crippen LogP contribution in [0.25, 0.3) is 0 Å². The molecule has 0 saturated carbocycles. The Morgan fingerprint density at radius 1 is 0.976 bits per heavy atom. The molecule has 42 heavy (non-hydrogen) atoms. The number of halogens is 4. The Morgan fingerprint density at radius 3 is 2.10 bits per heavy atom. The van der Waals surface area contributed by atoms with Gasteiger partial charge in [0.1, 0.15) is 0 Å². The smallest absolute Gasteiger partial charge is 0.371 e. The molecule has 1 atom stereocenters. The molecule has 2 aliphatic heterocycles. The molecule has 0 bridgehead atoms. The molecule has 230 valence electrons. The van der Waals surface area contributed by atoms with Gasteiger partial charge in [-0.3, -0.25) is 9.59 Å². The van der Waals surface area contributed by atoms with Gasteiger partial charge >= 0.3 is 6.18 Å². The molecule has 2 amide bonds. The number of likely N-dealkylation sites (tertiary alicyclic amines) is 1. The number of amides is 2. The molecule has 0 spiro atoms. The van der Waals surface area contributed by atoms with Crippen molar-refractivity contribution in [2.75, 3.05) is 45.2 Å². The van der Waals surface area contributed by atoms with Crippen molar-refractivity contribution in [1.82, 2.24) is 9.80 Å². The molecule has 0 aliphatic carbocycles. The lowest BCUT2D eigenvalue weighted by molar-refractivity contribution is -0.262. The molecule has 2 aromatic carbocycles. The maximum atomic E-state index is 14.3. The van der Waals surface area contributed by atoms with Crippen LogP contribution in [0.3, 0.4) is 0 Å². The molecule has 10 heteroatoms. The van der Waals surface area contributed by atoms with E-state index in [9.17, 15) is 27.9 Å². The number of nitrogens with zero attached hydrogens (tertiary/aromatic N) is 3. The first kappa shape index (κ1) is 32.1. The Labute approximate surface area is 251 Å². The van der Waals surface area contributed by atoms with Crippen LogP contribution >= 0.6 is 11.6 Å². The van der Waals surface area contributed by atoms with Gasteiger partial charge in [0.25, 0.3) is 17.4 Å². The van der Waals surface area contributed by atoms with Gasteiger partial charge < -0.3 is 19.8 Å². The van der Waals surface area contributed by atoms with Crippen LogP contribution in [-0.2, 0) is 10.4 Å². The Bertz CT molecular complexity index is 1270. The van der Waals surface area contributed by atoms with E-state index in [1.165, 1.54) is 28.0 Å². The van der Waals surface area contributed by atoms with E-state index in [-0.39, 0.29) is 24.9 Å². The van der Waals surface area contributed by atoms with E-state index in [0.717, 1.165) is 38.0 Å². The summed E-state index contributed by atoms with van der Waals surface area (Å²) >= 11 is 6.41. The van der Waals surface area contributed by atoms with Crippen LogP contribution in [0.4, 0.5) is 18.9 Å². The minimum atomic E-state index is -5.14. The summed E-state index contributed by atoms with van der Waals surface area (Å²) in [6.07, 6.45) is -0.986. The van der Waals surface area contributed by atoms with E-state index in [1.807, 2.05) is 26.0 Å². The fourth-order valence-corrected chi connectivity index (χ4v) is 6.40. The van der Waals surface area contributed by atoms with Crippen molar-refractivity contribution in [3.05, 3.63) is 64.2 Å². The minimum Gasteiger partial charge on any atom is -0.371 e. The van der Waals surface area contributed by atoms with Gasteiger partial charge in [-0.25, -0.2) is 0 Å². The molecule has 1 N–H and O–H groups in total. The predicted molar refractivity (Wildman–Crippen MR) is 159 cm³/mol. The van der Waals surface area contributed by atoms with Gasteiger partial charge in [-0.1, -0.05) is 49.7 Å². The maximum Gasteiger partial charge on any atom is 0.430 e. The SMILES string of the molecule is CC(C)c1cccc([C@@](O)(C(=O)N2CCC(CC3CCN(c4ccc(C(=O)N(C)C)c(Cl)c4)CC3)CC2)C(F)(F)F)c1. The highest BCUT2D eigenvalue weighted by molar-refractivity contribution is 6.34. The van der Waals surface area contributed by atoms with E-state index < -0.39 is 23.2 Å². The average molecular weight is 608 g/mol. The van der Waals surface area contributed by atoms with Crippen LogP contribution in [0.5, 0.6) is 0 Å². The first-order valence-electron chi connectivity index (χ1n) is 14.7. The fraction of sp³-hybridized carbons (Fsp3) is 0.562. The van der Waals surface area contributed by atoms with E-state index >= 15 is 0 Å². The van der Waals surface area contributed by atoms with Crippen molar-refractivity contribution in [2.24, 2.45) is 11.8 Å². The van der Waals surface area contributed by atoms with Crippen LogP contribution in [0.1, 0.15) is 73.4 Å². The van der Waals surface area contributed by atoms with E-state index in [0.29, 0.717) is 40.8 Å². The fourth-order valence-electron chi connectivity index (χ4n) is 6.15. The lowest BCUT2D eigenvalue weighted by Crippen LogP contribution is -2.57. The largest absolute Gasteiger partial charge is 0.430 e. The molecule has 0 unspecified atom stereocenters. The van der Waals surface area contributed by atoms with E-state index in [2.05, 4.69) is 4.90 Å². The topological polar surface area (TPSA) is 64.1 Å². The molecule has 6 nitrogen and oxygen atoms in total. The minimum absolute atomic E-state index is 0.0442. The van der Waals surface area contributed by atoms with Crippen LogP contribution in [0.2, 0.25) is 5.02 Å². The normalized spacial score (nSPS) is 18.7. The van der Waals surface area contributed by atoms with Gasteiger partial charge in [-0.2, -0.15) is 13.2 Å². The van der Waals surface area contributed by atoms with E-state index in [1.54, 1.807) is 26.2 Å². The van der Waals surface area contributed by atoms with Crippen LogP contribution in [-0.4, -0.2) is 73.2 Å². The number of carbonyl (C=O) groups is 2. The number of aliphatic hydroxyl groups is 1. The summed E-state index contributed by atoms with van der Waals surface area (Å²) in [5, 5.41) is 11.4. The Hall–Kier alpha value is -2.78. The molecule has 0 aromatic heterocycles. The predicted octanol–water partition coefficient (Wildman–Crippen LogP) is 6.46. The van der Waals surface area contributed by atoms with Crippen molar-refractivity contribution >= 4 is 29.1 Å². The van der Waals surface area contributed by atoms with Gasteiger partial charge in [0.05, 0.1) is 10.6 Å². The summed E-state index contributed by atoms with van der Waals surface area (Å²) in [6.45, 7) is 5.80. The number of hydrogen-bond acceptors (Lipinski definition) is 4. The third-order valence-electron chi connectivity index (χ3n) is 8.83. The lowest BCUT2D eigenvalue weighted by atomic mass is 9.82. The molecular weight excluding hydrogens is 567 g/mol. The zero-order valence-electron chi connectivity index (χ0n) is 24.8. The molecule has 2 fully saturated rings. The van der Waals surface area contributed by atoms with Crippen molar-refractivity contribution in [1.29, 1.82) is 0 Å². The zero-order valence-corrected chi connectivity index (χ0v) is 25.5. The number of benzene rings is 2. The number of hydrogen-bond donors (Lipinski definition) is 1. The summed E-state index contributed by atoms with van der Waals surface area (Å²) in [5.74, 6) is -0.664. The third-order valence-corrected chi connectivity index (χ3v) is 9.14. The molecule has 2 heterocycles. The second kappa shape index (κ2) is 12.8. The van der Waals surface area contributed by atoms with Gasteiger partial charge in [0.2, 0.25) is 0 Å². The third kappa shape index (κ3) is 6.72. The summed E-state index contributed by atoms with van der Waals surface area (Å²) < 4.78 is 42.8. The van der Waals surface area contributed by atoms with Crippen molar-refractivity contribution in [2.45, 2.75) is 63.6 Å². The Balaban J connectivity index is 1.32. The highest BCUT2D eigenvalue weighted by atomic mass is 35.5. The number of anilines is 1. The first-order valence-corrected chi connectivity index (χ1v) is 15.0. The monoisotopic (exact) mass is 607 g/mol. The number of carbonyl (C=O) groups excluding carboxylic acids is 2. The van der Waals surface area contributed by atoms with Gasteiger partial charge in [-0.05, 0) is 73.6 Å². The molecule has 4 rings (SSSR count). The number of rotatable bonds is 7. The zero-order chi connectivity index (χ0) is 30.8. The summed E-state index contributed by atoms with van der Waals surface area (Å²) in [5.41, 5.74) is -1.91. The number of alkyl halides is 3. The lowest BCUT2D eigenvalue weighted by Gasteiger charge is -2.40. The summed E-state index contributed by atoms with van der Waals surface area (Å²) in [6, 6.07) is 11.2. The Kier molecular flexibility index (Phi) is 9.82. The molecule has 0 radical (unpaired) electrons. The van der Waals surface area contributed by atoms with Gasteiger partial charge in [0.15, 0.2) is 0 Å². The van der Waals surface area contributed by atoms with Crippen LogP contribution < -0.4 is 4.90 Å².